The quantitative estimate of drug-likeness (QED) is 0.462. The average Bonchev–Trinajstić information content (AvgIpc) is 2.82. The van der Waals surface area contributed by atoms with Crippen LogP contribution in [0.15, 0.2) is 66.9 Å². The number of aliphatic hydroxyl groups is 1. The van der Waals surface area contributed by atoms with Gasteiger partial charge in [0.05, 0.1) is 0 Å². The minimum Gasteiger partial charge on any atom is -0.491 e. The topological polar surface area (TPSA) is 48.8 Å². The number of nitrogens with zero attached hydrogens (tertiary/aromatic N) is 3. The van der Waals surface area contributed by atoms with Crippen LogP contribution in [0.2, 0.25) is 0 Å². The van der Waals surface area contributed by atoms with Crippen molar-refractivity contribution in [3.63, 3.8) is 0 Å². The van der Waals surface area contributed by atoms with Gasteiger partial charge in [0.1, 0.15) is 24.3 Å². The third kappa shape index (κ3) is 6.47. The summed E-state index contributed by atoms with van der Waals surface area (Å²) in [5, 5.41) is 10.7. The van der Waals surface area contributed by atoms with E-state index in [-0.39, 0.29) is 6.61 Å². The van der Waals surface area contributed by atoms with Gasteiger partial charge in [0, 0.05) is 38.1 Å². The van der Waals surface area contributed by atoms with E-state index in [0.29, 0.717) is 13.1 Å². The second kappa shape index (κ2) is 11.5. The molecule has 0 saturated heterocycles. The summed E-state index contributed by atoms with van der Waals surface area (Å²) in [6.07, 6.45) is 1.14. The highest BCUT2D eigenvalue weighted by molar-refractivity contribution is 5.48. The van der Waals surface area contributed by atoms with Crippen LogP contribution in [0.3, 0.4) is 0 Å². The summed E-state index contributed by atoms with van der Waals surface area (Å²) in [5.74, 6) is 1.62. The maximum atomic E-state index is 10.7. The fraction of sp³-hybridized carbons (Fsp3) is 0.370. The molecule has 0 aliphatic rings. The van der Waals surface area contributed by atoms with Gasteiger partial charge in [-0.25, -0.2) is 4.98 Å². The molecule has 5 nitrogen and oxygen atoms in total. The van der Waals surface area contributed by atoms with E-state index in [2.05, 4.69) is 66.7 Å². The van der Waals surface area contributed by atoms with Gasteiger partial charge in [0.15, 0.2) is 0 Å². The molecule has 0 bridgehead atoms. The second-order valence-corrected chi connectivity index (χ2v) is 8.12. The zero-order valence-corrected chi connectivity index (χ0v) is 19.7. The number of anilines is 2. The number of hydrogen-bond donors (Lipinski definition) is 1. The van der Waals surface area contributed by atoms with Gasteiger partial charge in [-0.2, -0.15) is 0 Å². The Bertz CT molecular complexity index is 956. The molecule has 1 heterocycles. The van der Waals surface area contributed by atoms with Crippen LogP contribution in [0.1, 0.15) is 30.5 Å². The maximum Gasteiger partial charge on any atom is 0.128 e. The molecule has 1 atom stereocenters. The van der Waals surface area contributed by atoms with Gasteiger partial charge in [0.25, 0.3) is 0 Å². The highest BCUT2D eigenvalue weighted by Crippen LogP contribution is 2.20. The fourth-order valence-electron chi connectivity index (χ4n) is 3.70. The lowest BCUT2D eigenvalue weighted by atomic mass is 10.1. The average molecular weight is 434 g/mol. The number of rotatable bonds is 11. The van der Waals surface area contributed by atoms with Gasteiger partial charge in [-0.05, 0) is 80.8 Å². The van der Waals surface area contributed by atoms with Crippen LogP contribution in [-0.4, -0.2) is 42.4 Å². The van der Waals surface area contributed by atoms with E-state index in [9.17, 15) is 5.11 Å². The first kappa shape index (κ1) is 23.6. The Morgan fingerprint density at radius 1 is 0.906 bits per heavy atom. The molecular weight excluding hydrogens is 398 g/mol. The van der Waals surface area contributed by atoms with Crippen LogP contribution in [0.25, 0.3) is 0 Å². The van der Waals surface area contributed by atoms with Crippen LogP contribution in [0.4, 0.5) is 11.5 Å². The van der Waals surface area contributed by atoms with Crippen LogP contribution in [0, 0.1) is 13.8 Å². The highest BCUT2D eigenvalue weighted by Gasteiger charge is 2.15. The second-order valence-electron chi connectivity index (χ2n) is 8.12. The maximum absolute atomic E-state index is 10.7. The molecule has 1 unspecified atom stereocenters. The van der Waals surface area contributed by atoms with Crippen LogP contribution >= 0.6 is 0 Å². The van der Waals surface area contributed by atoms with E-state index in [0.717, 1.165) is 24.7 Å². The summed E-state index contributed by atoms with van der Waals surface area (Å²) in [6, 6.07) is 20.5. The normalized spacial score (nSPS) is 11.8. The molecule has 32 heavy (non-hydrogen) atoms. The van der Waals surface area contributed by atoms with Crippen LogP contribution in [-0.2, 0) is 6.54 Å². The minimum atomic E-state index is -0.645. The molecule has 0 aliphatic heterocycles. The summed E-state index contributed by atoms with van der Waals surface area (Å²) in [6.45, 7) is 11.8. The molecule has 1 aromatic heterocycles. The third-order valence-corrected chi connectivity index (χ3v) is 5.76. The van der Waals surface area contributed by atoms with Crippen molar-refractivity contribution < 1.29 is 9.84 Å². The lowest BCUT2D eigenvalue weighted by molar-refractivity contribution is 0.111. The van der Waals surface area contributed by atoms with E-state index >= 15 is 0 Å². The monoisotopic (exact) mass is 433 g/mol. The van der Waals surface area contributed by atoms with Gasteiger partial charge in [0.2, 0.25) is 0 Å². The van der Waals surface area contributed by atoms with E-state index in [4.69, 9.17) is 4.74 Å². The molecule has 0 saturated carbocycles. The number of aryl methyl sites for hydroxylation is 2. The van der Waals surface area contributed by atoms with Gasteiger partial charge in [-0.3, -0.25) is 0 Å². The van der Waals surface area contributed by atoms with Crippen molar-refractivity contribution >= 4 is 11.5 Å². The Labute approximate surface area is 192 Å². The lowest BCUT2D eigenvalue weighted by Crippen LogP contribution is -2.35. The van der Waals surface area contributed by atoms with Crippen LogP contribution < -0.4 is 14.5 Å². The van der Waals surface area contributed by atoms with Gasteiger partial charge in [-0.1, -0.05) is 24.3 Å². The smallest absolute Gasteiger partial charge is 0.128 e. The molecule has 0 amide bonds. The largest absolute Gasteiger partial charge is 0.491 e. The molecule has 170 valence electrons. The first-order chi connectivity index (χ1) is 15.5. The van der Waals surface area contributed by atoms with Crippen molar-refractivity contribution in [2.45, 2.75) is 40.3 Å². The third-order valence-electron chi connectivity index (χ3n) is 5.76. The Morgan fingerprint density at radius 3 is 2.28 bits per heavy atom. The van der Waals surface area contributed by atoms with Gasteiger partial charge < -0.3 is 19.6 Å². The highest BCUT2D eigenvalue weighted by atomic mass is 16.5. The molecule has 0 radical (unpaired) electrons. The van der Waals surface area contributed by atoms with E-state index < -0.39 is 6.10 Å². The summed E-state index contributed by atoms with van der Waals surface area (Å²) in [5.41, 5.74) is 4.81. The van der Waals surface area contributed by atoms with Gasteiger partial charge in [-0.15, -0.1) is 0 Å². The van der Waals surface area contributed by atoms with Gasteiger partial charge >= 0.3 is 0 Å². The minimum absolute atomic E-state index is 0.229. The summed E-state index contributed by atoms with van der Waals surface area (Å²) >= 11 is 0. The van der Waals surface area contributed by atoms with Crippen molar-refractivity contribution in [2.75, 3.05) is 36.0 Å². The standard InChI is InChI=1S/C27H35N3O2/c1-5-29(6-2)24-13-11-23(12-14-24)18-30(27-9-7-8-16-28-27)19-25(31)20-32-26-15-10-21(3)22(4)17-26/h7-17,25,31H,5-6,18-20H2,1-4H3. The number of aromatic nitrogens is 1. The first-order valence-corrected chi connectivity index (χ1v) is 11.4. The summed E-state index contributed by atoms with van der Waals surface area (Å²) in [4.78, 5) is 8.93. The number of aliphatic hydroxyl groups excluding tert-OH is 1. The Hall–Kier alpha value is -3.05. The molecule has 5 heteroatoms. The first-order valence-electron chi connectivity index (χ1n) is 11.4. The number of ether oxygens (including phenoxy) is 1. The molecule has 1 N–H and O–H groups in total. The Balaban J connectivity index is 1.67. The summed E-state index contributed by atoms with van der Waals surface area (Å²) < 4.78 is 5.85. The SMILES string of the molecule is CCN(CC)c1ccc(CN(CC(O)COc2ccc(C)c(C)c2)c2ccccn2)cc1. The van der Waals surface area contributed by atoms with Crippen molar-refractivity contribution in [2.24, 2.45) is 0 Å². The molecule has 0 aliphatic carbocycles. The Morgan fingerprint density at radius 2 is 1.66 bits per heavy atom. The van der Waals surface area contributed by atoms with E-state index in [1.165, 1.54) is 22.4 Å². The van der Waals surface area contributed by atoms with Crippen molar-refractivity contribution in [3.05, 3.63) is 83.6 Å². The predicted octanol–water partition coefficient (Wildman–Crippen LogP) is 4.99. The lowest BCUT2D eigenvalue weighted by Gasteiger charge is -2.27. The zero-order chi connectivity index (χ0) is 22.9. The molecule has 3 aromatic rings. The van der Waals surface area contributed by atoms with E-state index in [1.54, 1.807) is 6.20 Å². The van der Waals surface area contributed by atoms with Crippen LogP contribution in [0.5, 0.6) is 5.75 Å². The Kier molecular flexibility index (Phi) is 8.51. The molecule has 2 aromatic carbocycles. The molecule has 0 spiro atoms. The number of hydrogen-bond acceptors (Lipinski definition) is 5. The van der Waals surface area contributed by atoms with E-state index in [1.807, 2.05) is 36.4 Å². The van der Waals surface area contributed by atoms with Crippen molar-refractivity contribution in [1.29, 1.82) is 0 Å². The summed E-state index contributed by atoms with van der Waals surface area (Å²) in [7, 11) is 0. The fourth-order valence-corrected chi connectivity index (χ4v) is 3.70. The predicted molar refractivity (Wildman–Crippen MR) is 133 cm³/mol. The zero-order valence-electron chi connectivity index (χ0n) is 19.7. The number of benzene rings is 2. The molecular formula is C27H35N3O2. The van der Waals surface area contributed by atoms with Crippen molar-refractivity contribution in [1.82, 2.24) is 4.98 Å². The molecule has 0 fully saturated rings. The number of pyridine rings is 1. The molecule has 3 rings (SSSR count). The van der Waals surface area contributed by atoms with Crippen molar-refractivity contribution in [3.8, 4) is 5.75 Å².